The van der Waals surface area contributed by atoms with E-state index in [-0.39, 0.29) is 13.0 Å². The van der Waals surface area contributed by atoms with Crippen LogP contribution in [0, 0.1) is 0 Å². The predicted octanol–water partition coefficient (Wildman–Crippen LogP) is 2.54. The van der Waals surface area contributed by atoms with Crippen LogP contribution in [0.3, 0.4) is 0 Å². The molecule has 0 bridgehead atoms. The van der Waals surface area contributed by atoms with Crippen LogP contribution in [0.5, 0.6) is 0 Å². The van der Waals surface area contributed by atoms with Crippen LogP contribution < -0.4 is 5.48 Å². The topological polar surface area (TPSA) is 84.9 Å². The molecule has 2 N–H and O–H groups in total. The minimum Gasteiger partial charge on any atom is -0.479 e. The lowest BCUT2D eigenvalue weighted by Gasteiger charge is -2.14. The molecule has 0 radical (unpaired) electrons. The van der Waals surface area contributed by atoms with E-state index < -0.39 is 18.2 Å². The number of hydrogen-bond donors (Lipinski definition) is 2. The minimum absolute atomic E-state index is 0.0758. The number of carbonyl (C=O) groups excluding carboxylic acids is 1. The molecule has 0 unspecified atom stereocenters. The van der Waals surface area contributed by atoms with Crippen LogP contribution in [0.15, 0.2) is 60.7 Å². The van der Waals surface area contributed by atoms with E-state index in [9.17, 15) is 9.59 Å². The van der Waals surface area contributed by atoms with Crippen LogP contribution in [0.25, 0.3) is 0 Å². The van der Waals surface area contributed by atoms with Gasteiger partial charge in [0, 0.05) is 6.42 Å². The molecule has 0 saturated heterocycles. The van der Waals surface area contributed by atoms with Crippen LogP contribution in [-0.4, -0.2) is 23.3 Å². The standard InChI is InChI=1S/C17H17NO5/c19-16(20)15(11-13-7-3-1-4-8-13)23-18-17(21)22-12-14-9-5-2-6-10-14/h1-10,15H,11-12H2,(H,18,21)(H,19,20)/t15-/m0/s1. The van der Waals surface area contributed by atoms with Crippen molar-refractivity contribution < 1.29 is 24.3 Å². The number of carboxylic acids is 1. The molecule has 0 aliphatic rings. The van der Waals surface area contributed by atoms with Gasteiger partial charge in [-0.3, -0.25) is 4.84 Å². The summed E-state index contributed by atoms with van der Waals surface area (Å²) < 4.78 is 4.94. The Balaban J connectivity index is 1.79. The smallest absolute Gasteiger partial charge is 0.431 e. The zero-order valence-corrected chi connectivity index (χ0v) is 12.3. The van der Waals surface area contributed by atoms with Crippen LogP contribution >= 0.6 is 0 Å². The fraction of sp³-hybridized carbons (Fsp3) is 0.176. The first-order valence-corrected chi connectivity index (χ1v) is 7.04. The molecule has 0 saturated carbocycles. The maximum absolute atomic E-state index is 11.5. The van der Waals surface area contributed by atoms with E-state index in [2.05, 4.69) is 0 Å². The minimum atomic E-state index is -1.19. The quantitative estimate of drug-likeness (QED) is 0.767. The second kappa shape index (κ2) is 8.55. The molecule has 0 heterocycles. The van der Waals surface area contributed by atoms with Gasteiger partial charge in [0.15, 0.2) is 6.10 Å². The van der Waals surface area contributed by atoms with Gasteiger partial charge in [0.2, 0.25) is 0 Å². The van der Waals surface area contributed by atoms with Crippen molar-refractivity contribution in [3.8, 4) is 0 Å². The van der Waals surface area contributed by atoms with Gasteiger partial charge in [-0.1, -0.05) is 60.7 Å². The highest BCUT2D eigenvalue weighted by molar-refractivity contribution is 5.73. The fourth-order valence-corrected chi connectivity index (χ4v) is 1.88. The number of carbonyl (C=O) groups is 2. The monoisotopic (exact) mass is 315 g/mol. The molecule has 0 fully saturated rings. The van der Waals surface area contributed by atoms with Gasteiger partial charge >= 0.3 is 12.1 Å². The second-order valence-corrected chi connectivity index (χ2v) is 4.80. The molecule has 0 aliphatic carbocycles. The first-order chi connectivity index (χ1) is 11.1. The van der Waals surface area contributed by atoms with E-state index in [0.717, 1.165) is 11.1 Å². The highest BCUT2D eigenvalue weighted by atomic mass is 16.7. The van der Waals surface area contributed by atoms with Gasteiger partial charge in [0.25, 0.3) is 0 Å². The molecule has 6 heteroatoms. The summed E-state index contributed by atoms with van der Waals surface area (Å²) in [5, 5.41) is 9.14. The summed E-state index contributed by atoms with van der Waals surface area (Å²) in [7, 11) is 0. The Morgan fingerprint density at radius 3 is 2.09 bits per heavy atom. The predicted molar refractivity (Wildman–Crippen MR) is 82.4 cm³/mol. The molecule has 2 aromatic rings. The number of benzene rings is 2. The molecule has 0 spiro atoms. The Bertz CT molecular complexity index is 630. The van der Waals surface area contributed by atoms with Crippen molar-refractivity contribution in [1.29, 1.82) is 0 Å². The highest BCUT2D eigenvalue weighted by Crippen LogP contribution is 2.06. The molecule has 2 aromatic carbocycles. The summed E-state index contributed by atoms with van der Waals surface area (Å²) in [6, 6.07) is 18.1. The SMILES string of the molecule is O=C(NO[C@@H](Cc1ccccc1)C(=O)O)OCc1ccccc1. The number of amides is 1. The van der Waals surface area contributed by atoms with Gasteiger partial charge < -0.3 is 9.84 Å². The largest absolute Gasteiger partial charge is 0.479 e. The molecular formula is C17H17NO5. The summed E-state index contributed by atoms with van der Waals surface area (Å²) in [5.74, 6) is -1.17. The Labute approximate surface area is 133 Å². The van der Waals surface area contributed by atoms with E-state index in [1.807, 2.05) is 41.9 Å². The van der Waals surface area contributed by atoms with E-state index in [4.69, 9.17) is 14.7 Å². The lowest BCUT2D eigenvalue weighted by molar-refractivity contribution is -0.154. The van der Waals surface area contributed by atoms with Crippen LogP contribution in [0.1, 0.15) is 11.1 Å². The van der Waals surface area contributed by atoms with Gasteiger partial charge in [-0.05, 0) is 11.1 Å². The number of hydrogen-bond acceptors (Lipinski definition) is 4. The van der Waals surface area contributed by atoms with Crippen LogP contribution in [0.4, 0.5) is 4.79 Å². The van der Waals surface area contributed by atoms with E-state index in [0.29, 0.717) is 0 Å². The Hall–Kier alpha value is -2.86. The number of aliphatic carboxylic acids is 1. The van der Waals surface area contributed by atoms with Crippen molar-refractivity contribution in [2.24, 2.45) is 0 Å². The average Bonchev–Trinajstić information content (AvgIpc) is 2.58. The normalized spacial score (nSPS) is 11.5. The molecule has 1 atom stereocenters. The summed E-state index contributed by atoms with van der Waals surface area (Å²) in [5.41, 5.74) is 3.62. The van der Waals surface area contributed by atoms with Gasteiger partial charge in [-0.2, -0.15) is 5.48 Å². The first kappa shape index (κ1) is 16.5. The molecular weight excluding hydrogens is 298 g/mol. The zero-order valence-electron chi connectivity index (χ0n) is 12.3. The second-order valence-electron chi connectivity index (χ2n) is 4.80. The number of nitrogens with one attached hydrogen (secondary N) is 1. The molecule has 6 nitrogen and oxygen atoms in total. The third-order valence-corrected chi connectivity index (χ3v) is 3.04. The molecule has 0 aromatic heterocycles. The van der Waals surface area contributed by atoms with E-state index >= 15 is 0 Å². The third-order valence-electron chi connectivity index (χ3n) is 3.04. The lowest BCUT2D eigenvalue weighted by Crippen LogP contribution is -2.36. The van der Waals surface area contributed by atoms with Crippen LogP contribution in [0.2, 0.25) is 0 Å². The Kier molecular flexibility index (Phi) is 6.14. The molecule has 120 valence electrons. The number of ether oxygens (including phenoxy) is 1. The van der Waals surface area contributed by atoms with E-state index in [1.165, 1.54) is 0 Å². The molecule has 1 amide bonds. The Morgan fingerprint density at radius 1 is 0.957 bits per heavy atom. The van der Waals surface area contributed by atoms with Crippen molar-refractivity contribution >= 4 is 12.1 Å². The van der Waals surface area contributed by atoms with Crippen molar-refractivity contribution in [3.05, 3.63) is 71.8 Å². The van der Waals surface area contributed by atoms with Crippen molar-refractivity contribution in [2.45, 2.75) is 19.1 Å². The Morgan fingerprint density at radius 2 is 1.52 bits per heavy atom. The molecule has 0 aliphatic heterocycles. The molecule has 2 rings (SSSR count). The number of rotatable bonds is 7. The van der Waals surface area contributed by atoms with Gasteiger partial charge in [-0.15, -0.1) is 0 Å². The van der Waals surface area contributed by atoms with Crippen LogP contribution in [-0.2, 0) is 27.4 Å². The third kappa shape index (κ3) is 5.80. The van der Waals surface area contributed by atoms with Gasteiger partial charge in [-0.25, -0.2) is 9.59 Å². The maximum Gasteiger partial charge on any atom is 0.431 e. The lowest BCUT2D eigenvalue weighted by atomic mass is 10.1. The summed E-state index contributed by atoms with van der Waals surface area (Å²) >= 11 is 0. The van der Waals surface area contributed by atoms with E-state index in [1.54, 1.807) is 24.3 Å². The van der Waals surface area contributed by atoms with Crippen molar-refractivity contribution in [3.63, 3.8) is 0 Å². The summed E-state index contributed by atoms with van der Waals surface area (Å²) in [4.78, 5) is 27.7. The first-order valence-electron chi connectivity index (χ1n) is 7.04. The van der Waals surface area contributed by atoms with Gasteiger partial charge in [0.1, 0.15) is 6.61 Å². The maximum atomic E-state index is 11.5. The average molecular weight is 315 g/mol. The zero-order chi connectivity index (χ0) is 16.5. The van der Waals surface area contributed by atoms with Crippen molar-refractivity contribution in [1.82, 2.24) is 5.48 Å². The number of carboxylic acid groups (broad SMARTS) is 1. The molecule has 23 heavy (non-hydrogen) atoms. The summed E-state index contributed by atoms with van der Waals surface area (Å²) in [6.45, 7) is 0.0758. The van der Waals surface area contributed by atoms with Gasteiger partial charge in [0.05, 0.1) is 0 Å². The number of hydroxylamine groups is 1. The summed E-state index contributed by atoms with van der Waals surface area (Å²) in [6.07, 6.45) is -1.90. The highest BCUT2D eigenvalue weighted by Gasteiger charge is 2.20. The van der Waals surface area contributed by atoms with Crippen molar-refractivity contribution in [2.75, 3.05) is 0 Å². The fourth-order valence-electron chi connectivity index (χ4n) is 1.88.